The van der Waals surface area contributed by atoms with Gasteiger partial charge in [-0.15, -0.1) is 5.10 Å². The third-order valence-electron chi connectivity index (χ3n) is 6.53. The minimum Gasteiger partial charge on any atom is -0.435 e. The molecular formula is C30H27ClF2N6O3S. The molecule has 1 aliphatic heterocycles. The van der Waals surface area contributed by atoms with E-state index in [0.717, 1.165) is 36.1 Å². The van der Waals surface area contributed by atoms with Crippen LogP contribution >= 0.6 is 23.4 Å². The molecule has 0 radical (unpaired) electrons. The van der Waals surface area contributed by atoms with E-state index in [1.807, 2.05) is 25.1 Å². The van der Waals surface area contributed by atoms with E-state index in [4.69, 9.17) is 11.6 Å². The summed E-state index contributed by atoms with van der Waals surface area (Å²) < 4.78 is 30.7. The lowest BCUT2D eigenvalue weighted by atomic mass is 10.0. The SMILES string of the molecule is CCCCc1ccc(C)cc1N1C(=O)CS/C1=N\C(=O)Nc1ccc(-c2ncn(-c3ccc(OC(F)F)cc3)n2)cc1Cl. The minimum absolute atomic E-state index is 0.0337. The van der Waals surface area contributed by atoms with E-state index in [0.29, 0.717) is 27.9 Å². The highest BCUT2D eigenvalue weighted by atomic mass is 35.5. The summed E-state index contributed by atoms with van der Waals surface area (Å²) in [6.45, 7) is 1.17. The summed E-state index contributed by atoms with van der Waals surface area (Å²) in [6.07, 6.45) is 4.30. The molecule has 4 aromatic rings. The molecule has 1 fully saturated rings. The van der Waals surface area contributed by atoms with Crippen molar-refractivity contribution in [2.75, 3.05) is 16.0 Å². The Bertz CT molecular complexity index is 1680. The molecule has 1 aliphatic rings. The maximum atomic E-state index is 12.9. The Hall–Kier alpha value is -4.29. The number of aliphatic imine (C=N–C) groups is 1. The molecule has 1 aromatic heterocycles. The Morgan fingerprint density at radius 1 is 1.16 bits per heavy atom. The highest BCUT2D eigenvalue weighted by Crippen LogP contribution is 2.32. The van der Waals surface area contributed by atoms with Crippen molar-refractivity contribution < 1.29 is 23.1 Å². The number of benzene rings is 3. The molecular weight excluding hydrogens is 598 g/mol. The number of unbranched alkanes of at least 4 members (excludes halogenated alkanes) is 1. The Morgan fingerprint density at radius 2 is 1.95 bits per heavy atom. The van der Waals surface area contributed by atoms with E-state index < -0.39 is 12.6 Å². The highest BCUT2D eigenvalue weighted by Gasteiger charge is 2.32. The van der Waals surface area contributed by atoms with Gasteiger partial charge in [0.15, 0.2) is 11.0 Å². The van der Waals surface area contributed by atoms with Gasteiger partial charge in [-0.05, 0) is 79.4 Å². The van der Waals surface area contributed by atoms with Gasteiger partial charge in [0.25, 0.3) is 0 Å². The maximum absolute atomic E-state index is 12.9. The van der Waals surface area contributed by atoms with Gasteiger partial charge in [-0.1, -0.05) is 48.8 Å². The number of rotatable bonds is 9. The number of carbonyl (C=O) groups is 2. The first-order valence-electron chi connectivity index (χ1n) is 13.4. The summed E-state index contributed by atoms with van der Waals surface area (Å²) >= 11 is 7.70. The van der Waals surface area contributed by atoms with Crippen molar-refractivity contribution in [3.8, 4) is 22.8 Å². The summed E-state index contributed by atoms with van der Waals surface area (Å²) in [5.74, 6) is 0.454. The number of nitrogens with one attached hydrogen (secondary N) is 1. The molecule has 1 saturated heterocycles. The van der Waals surface area contributed by atoms with E-state index >= 15 is 0 Å². The molecule has 0 aliphatic carbocycles. The van der Waals surface area contributed by atoms with Gasteiger partial charge in [0, 0.05) is 5.56 Å². The number of anilines is 2. The van der Waals surface area contributed by atoms with Crippen LogP contribution in [0.5, 0.6) is 5.75 Å². The zero-order valence-corrected chi connectivity index (χ0v) is 24.8. The number of halogens is 3. The van der Waals surface area contributed by atoms with Crippen LogP contribution in [0.15, 0.2) is 72.0 Å². The average molecular weight is 625 g/mol. The summed E-state index contributed by atoms with van der Waals surface area (Å²) in [7, 11) is 0. The number of amides is 3. The van der Waals surface area contributed by atoms with Gasteiger partial charge >= 0.3 is 12.6 Å². The van der Waals surface area contributed by atoms with Gasteiger partial charge in [0.1, 0.15) is 12.1 Å². The molecule has 2 heterocycles. The molecule has 5 rings (SSSR count). The molecule has 13 heteroatoms. The predicted molar refractivity (Wildman–Crippen MR) is 165 cm³/mol. The first-order valence-corrected chi connectivity index (χ1v) is 14.8. The third-order valence-corrected chi connectivity index (χ3v) is 7.77. The van der Waals surface area contributed by atoms with Crippen LogP contribution in [-0.4, -0.2) is 44.2 Å². The topological polar surface area (TPSA) is 102 Å². The molecule has 9 nitrogen and oxygen atoms in total. The number of alkyl halides is 2. The fraction of sp³-hybridized carbons (Fsp3) is 0.233. The number of urea groups is 1. The number of ether oxygens (including phenoxy) is 1. The van der Waals surface area contributed by atoms with Crippen molar-refractivity contribution in [3.63, 3.8) is 0 Å². The number of hydrogen-bond acceptors (Lipinski definition) is 6. The van der Waals surface area contributed by atoms with E-state index in [1.165, 1.54) is 39.8 Å². The van der Waals surface area contributed by atoms with E-state index in [9.17, 15) is 18.4 Å². The second kappa shape index (κ2) is 13.3. The van der Waals surface area contributed by atoms with Crippen LogP contribution in [0.4, 0.5) is 25.0 Å². The predicted octanol–water partition coefficient (Wildman–Crippen LogP) is 7.51. The van der Waals surface area contributed by atoms with E-state index in [-0.39, 0.29) is 22.4 Å². The largest absolute Gasteiger partial charge is 0.435 e. The number of hydrogen-bond donors (Lipinski definition) is 1. The summed E-state index contributed by atoms with van der Waals surface area (Å²) in [4.78, 5) is 35.8. The van der Waals surface area contributed by atoms with E-state index in [1.54, 1.807) is 30.3 Å². The number of carbonyl (C=O) groups excluding carboxylic acids is 2. The van der Waals surface area contributed by atoms with Crippen LogP contribution in [-0.2, 0) is 11.2 Å². The molecule has 43 heavy (non-hydrogen) atoms. The number of amidine groups is 1. The van der Waals surface area contributed by atoms with Crippen molar-refractivity contribution in [1.29, 1.82) is 0 Å². The zero-order chi connectivity index (χ0) is 30.5. The lowest BCUT2D eigenvalue weighted by molar-refractivity contribution is -0.115. The highest BCUT2D eigenvalue weighted by molar-refractivity contribution is 8.15. The number of nitrogens with zero attached hydrogens (tertiary/aromatic N) is 5. The molecule has 3 aromatic carbocycles. The molecule has 3 amide bonds. The van der Waals surface area contributed by atoms with Crippen LogP contribution in [0.3, 0.4) is 0 Å². The van der Waals surface area contributed by atoms with Gasteiger partial charge < -0.3 is 10.1 Å². The summed E-state index contributed by atoms with van der Waals surface area (Å²) in [5, 5.41) is 7.66. The van der Waals surface area contributed by atoms with Crippen molar-refractivity contribution in [2.45, 2.75) is 39.7 Å². The summed E-state index contributed by atoms with van der Waals surface area (Å²) in [5.41, 5.74) is 4.30. The van der Waals surface area contributed by atoms with Crippen LogP contribution in [0.2, 0.25) is 5.02 Å². The van der Waals surface area contributed by atoms with Crippen LogP contribution in [0.25, 0.3) is 17.1 Å². The fourth-order valence-corrected chi connectivity index (χ4v) is 5.51. The third kappa shape index (κ3) is 7.20. The first-order chi connectivity index (χ1) is 20.7. The molecule has 0 spiro atoms. The standard InChI is InChI=1S/C30H27ClF2N6O3S/c1-3-4-5-19-7-6-18(2)14-25(19)39-26(40)16-43-30(39)36-29(41)35-24-13-8-20(15-23(24)31)27-34-17-38(37-27)21-9-11-22(12-10-21)42-28(32)33/h6-15,17,28H,3-5,16H2,1-2H3,(H,35,41)/b36-30-. The minimum atomic E-state index is -2.91. The molecule has 0 atom stereocenters. The quantitative estimate of drug-likeness (QED) is 0.207. The maximum Gasteiger partial charge on any atom is 0.387 e. The second-order valence-electron chi connectivity index (χ2n) is 9.66. The Labute approximate surface area is 255 Å². The van der Waals surface area contributed by atoms with E-state index in [2.05, 4.69) is 32.1 Å². The van der Waals surface area contributed by atoms with Crippen molar-refractivity contribution in [3.05, 3.63) is 83.1 Å². The Balaban J connectivity index is 1.30. The summed E-state index contributed by atoms with van der Waals surface area (Å²) in [6, 6.07) is 16.2. The number of thioether (sulfide) groups is 1. The lowest BCUT2D eigenvalue weighted by Crippen LogP contribution is -2.31. The van der Waals surface area contributed by atoms with Crippen molar-refractivity contribution in [2.24, 2.45) is 4.99 Å². The Kier molecular flexibility index (Phi) is 9.37. The molecule has 0 unspecified atom stereocenters. The molecule has 0 bridgehead atoms. The lowest BCUT2D eigenvalue weighted by Gasteiger charge is -2.20. The van der Waals surface area contributed by atoms with Crippen LogP contribution in [0.1, 0.15) is 30.9 Å². The molecule has 1 N–H and O–H groups in total. The van der Waals surface area contributed by atoms with Gasteiger partial charge in [-0.2, -0.15) is 13.8 Å². The van der Waals surface area contributed by atoms with Gasteiger partial charge in [0.05, 0.1) is 27.8 Å². The normalized spacial score (nSPS) is 14.1. The number of aryl methyl sites for hydroxylation is 2. The monoisotopic (exact) mass is 624 g/mol. The fourth-order valence-electron chi connectivity index (χ4n) is 4.43. The van der Waals surface area contributed by atoms with Crippen molar-refractivity contribution in [1.82, 2.24) is 14.8 Å². The van der Waals surface area contributed by atoms with Gasteiger partial charge in [0.2, 0.25) is 5.91 Å². The first kappa shape index (κ1) is 30.2. The van der Waals surface area contributed by atoms with Gasteiger partial charge in [-0.3, -0.25) is 9.69 Å². The van der Waals surface area contributed by atoms with Crippen LogP contribution in [0, 0.1) is 6.92 Å². The average Bonchev–Trinajstić information content (AvgIpc) is 3.60. The molecule has 0 saturated carbocycles. The van der Waals surface area contributed by atoms with Gasteiger partial charge in [-0.25, -0.2) is 14.5 Å². The Morgan fingerprint density at radius 3 is 2.67 bits per heavy atom. The molecule has 222 valence electrons. The number of aromatic nitrogens is 3. The van der Waals surface area contributed by atoms with Crippen LogP contribution < -0.4 is 15.0 Å². The van der Waals surface area contributed by atoms with Crippen molar-refractivity contribution >= 4 is 51.8 Å². The second-order valence-corrected chi connectivity index (χ2v) is 11.0. The zero-order valence-electron chi connectivity index (χ0n) is 23.3. The smallest absolute Gasteiger partial charge is 0.387 e.